The Kier molecular flexibility index (Phi) is 5.00. The number of hydrogen-bond donors (Lipinski definition) is 2. The number of amides is 1. The van der Waals surface area contributed by atoms with Gasteiger partial charge in [0.1, 0.15) is 6.04 Å². The Hall–Kier alpha value is -1.41. The topological polar surface area (TPSA) is 92.5 Å². The van der Waals surface area contributed by atoms with Crippen LogP contribution >= 0.6 is 11.6 Å². The summed E-state index contributed by atoms with van der Waals surface area (Å²) in [6, 6.07) is 5.89. The van der Waals surface area contributed by atoms with Gasteiger partial charge < -0.3 is 11.1 Å². The second-order valence-electron chi connectivity index (χ2n) is 4.63. The highest BCUT2D eigenvalue weighted by atomic mass is 35.5. The average molecular weight is 330 g/mol. The van der Waals surface area contributed by atoms with Gasteiger partial charge in [-0.3, -0.25) is 4.79 Å². The number of carbonyl (C=O) groups excluding carboxylic acids is 1. The zero-order valence-corrected chi connectivity index (χ0v) is 12.8. The molecule has 1 saturated heterocycles. The molecule has 1 aliphatic heterocycles. The fourth-order valence-corrected chi connectivity index (χ4v) is 3.54. The number of nitrogens with two attached hydrogens (primary N) is 1. The zero-order valence-electron chi connectivity index (χ0n) is 11.2. The first-order chi connectivity index (χ1) is 9.90. The molecule has 0 radical (unpaired) electrons. The molecule has 0 aromatic heterocycles. The van der Waals surface area contributed by atoms with Gasteiger partial charge in [0.25, 0.3) is 0 Å². The highest BCUT2D eigenvalue weighted by Gasteiger charge is 2.34. The Morgan fingerprint density at radius 3 is 2.67 bits per heavy atom. The van der Waals surface area contributed by atoms with E-state index in [0.717, 1.165) is 9.71 Å². The van der Waals surface area contributed by atoms with Crippen LogP contribution in [0.25, 0.3) is 6.08 Å². The minimum absolute atomic E-state index is 0.209. The number of piperazine rings is 1. The van der Waals surface area contributed by atoms with E-state index in [0.29, 0.717) is 17.1 Å². The van der Waals surface area contributed by atoms with Gasteiger partial charge >= 0.3 is 0 Å². The molecule has 1 atom stereocenters. The lowest BCUT2D eigenvalue weighted by Crippen LogP contribution is -2.58. The lowest BCUT2D eigenvalue weighted by molar-refractivity contribution is -0.122. The summed E-state index contributed by atoms with van der Waals surface area (Å²) in [6.45, 7) is 0.919. The van der Waals surface area contributed by atoms with E-state index in [1.807, 2.05) is 0 Å². The molecule has 114 valence electrons. The number of nitrogens with one attached hydrogen (secondary N) is 1. The van der Waals surface area contributed by atoms with Crippen molar-refractivity contribution in [1.82, 2.24) is 9.62 Å². The molecule has 21 heavy (non-hydrogen) atoms. The molecule has 2 rings (SSSR count). The summed E-state index contributed by atoms with van der Waals surface area (Å²) in [7, 11) is -3.71. The molecule has 1 aromatic carbocycles. The highest BCUT2D eigenvalue weighted by molar-refractivity contribution is 7.92. The van der Waals surface area contributed by atoms with E-state index in [1.165, 1.54) is 6.08 Å². The summed E-state index contributed by atoms with van der Waals surface area (Å²) >= 11 is 5.77. The summed E-state index contributed by atoms with van der Waals surface area (Å²) < 4.78 is 25.8. The molecule has 1 amide bonds. The van der Waals surface area contributed by atoms with E-state index < -0.39 is 22.0 Å². The fraction of sp³-hybridized carbons (Fsp3) is 0.308. The number of carbonyl (C=O) groups is 1. The van der Waals surface area contributed by atoms with E-state index in [-0.39, 0.29) is 13.1 Å². The van der Waals surface area contributed by atoms with Gasteiger partial charge in [-0.05, 0) is 23.8 Å². The fourth-order valence-electron chi connectivity index (χ4n) is 2.05. The van der Waals surface area contributed by atoms with E-state index in [9.17, 15) is 13.2 Å². The predicted octanol–water partition coefficient (Wildman–Crippen LogP) is 0.400. The number of rotatable bonds is 4. The van der Waals surface area contributed by atoms with Crippen molar-refractivity contribution in [3.05, 3.63) is 40.3 Å². The van der Waals surface area contributed by atoms with Crippen molar-refractivity contribution in [3.63, 3.8) is 0 Å². The molecule has 6 nitrogen and oxygen atoms in total. The second kappa shape index (κ2) is 6.57. The normalized spacial score (nSPS) is 20.7. The third-order valence-electron chi connectivity index (χ3n) is 3.15. The minimum Gasteiger partial charge on any atom is -0.368 e. The summed E-state index contributed by atoms with van der Waals surface area (Å²) in [6.07, 6.45) is 1.46. The van der Waals surface area contributed by atoms with Crippen LogP contribution in [0.5, 0.6) is 0 Å². The smallest absolute Gasteiger partial charge is 0.237 e. The van der Waals surface area contributed by atoms with Crippen LogP contribution in [0.2, 0.25) is 5.02 Å². The maximum atomic E-state index is 12.3. The number of halogens is 1. The Balaban J connectivity index is 2.20. The van der Waals surface area contributed by atoms with Gasteiger partial charge in [0.15, 0.2) is 0 Å². The molecule has 8 heteroatoms. The quantitative estimate of drug-likeness (QED) is 0.836. The molecule has 1 fully saturated rings. The number of benzene rings is 1. The first-order valence-corrected chi connectivity index (χ1v) is 8.24. The second-order valence-corrected chi connectivity index (χ2v) is 6.84. The van der Waals surface area contributed by atoms with Crippen LogP contribution < -0.4 is 11.1 Å². The Morgan fingerprint density at radius 2 is 2.05 bits per heavy atom. The average Bonchev–Trinajstić information content (AvgIpc) is 2.47. The molecule has 1 aliphatic rings. The Bertz CT molecular complexity index is 643. The van der Waals surface area contributed by atoms with Crippen molar-refractivity contribution in [2.75, 3.05) is 19.6 Å². The van der Waals surface area contributed by atoms with Crippen molar-refractivity contribution in [3.8, 4) is 0 Å². The molecule has 0 saturated carbocycles. The summed E-state index contributed by atoms with van der Waals surface area (Å²) in [5, 5.41) is 4.61. The molecular formula is C13H16ClN3O3S. The van der Waals surface area contributed by atoms with E-state index in [1.54, 1.807) is 24.3 Å². The number of hydrogen-bond acceptors (Lipinski definition) is 4. The first-order valence-electron chi connectivity index (χ1n) is 6.36. The van der Waals surface area contributed by atoms with Crippen molar-refractivity contribution in [2.24, 2.45) is 5.73 Å². The number of sulfonamides is 1. The van der Waals surface area contributed by atoms with Crippen molar-refractivity contribution in [1.29, 1.82) is 0 Å². The monoisotopic (exact) mass is 329 g/mol. The van der Waals surface area contributed by atoms with Gasteiger partial charge in [0.2, 0.25) is 15.9 Å². The largest absolute Gasteiger partial charge is 0.368 e. The van der Waals surface area contributed by atoms with Crippen LogP contribution in [-0.2, 0) is 14.8 Å². The number of nitrogens with zero attached hydrogens (tertiary/aromatic N) is 1. The molecule has 3 N–H and O–H groups in total. The molecule has 0 bridgehead atoms. The predicted molar refractivity (Wildman–Crippen MR) is 82.0 cm³/mol. The highest BCUT2D eigenvalue weighted by Crippen LogP contribution is 2.15. The van der Waals surface area contributed by atoms with Crippen LogP contribution in [0.1, 0.15) is 5.56 Å². The van der Waals surface area contributed by atoms with Gasteiger partial charge in [-0.2, -0.15) is 4.31 Å². The maximum absolute atomic E-state index is 12.3. The molecular weight excluding hydrogens is 314 g/mol. The maximum Gasteiger partial charge on any atom is 0.237 e. The minimum atomic E-state index is -3.71. The van der Waals surface area contributed by atoms with E-state index in [4.69, 9.17) is 17.3 Å². The molecule has 1 aromatic rings. The van der Waals surface area contributed by atoms with Crippen LogP contribution in [0.15, 0.2) is 29.7 Å². The van der Waals surface area contributed by atoms with Crippen molar-refractivity contribution in [2.45, 2.75) is 6.04 Å². The van der Waals surface area contributed by atoms with Gasteiger partial charge in [-0.25, -0.2) is 8.42 Å². The van der Waals surface area contributed by atoms with Gasteiger partial charge in [-0.1, -0.05) is 23.7 Å². The third-order valence-corrected chi connectivity index (χ3v) is 4.97. The summed E-state index contributed by atoms with van der Waals surface area (Å²) in [5.74, 6) is -0.661. The molecule has 1 heterocycles. The zero-order chi connectivity index (χ0) is 15.5. The van der Waals surface area contributed by atoms with E-state index >= 15 is 0 Å². The van der Waals surface area contributed by atoms with Crippen LogP contribution in [0, 0.1) is 0 Å². The van der Waals surface area contributed by atoms with Crippen LogP contribution in [-0.4, -0.2) is 44.3 Å². The van der Waals surface area contributed by atoms with Crippen LogP contribution in [0.4, 0.5) is 0 Å². The van der Waals surface area contributed by atoms with Gasteiger partial charge in [-0.15, -0.1) is 0 Å². The Morgan fingerprint density at radius 1 is 1.38 bits per heavy atom. The van der Waals surface area contributed by atoms with Crippen LogP contribution in [0.3, 0.4) is 0 Å². The lowest BCUT2D eigenvalue weighted by Gasteiger charge is -2.32. The third kappa shape index (κ3) is 4.04. The first kappa shape index (κ1) is 16.0. The molecule has 0 aliphatic carbocycles. The standard InChI is InChI=1S/C13H16ClN3O3S/c14-11-3-1-10(2-4-11)5-8-21(19,20)17-7-6-16-9-12(17)13(15)18/h1-5,8,12,16H,6-7,9H2,(H2,15,18). The van der Waals surface area contributed by atoms with Gasteiger partial charge in [0.05, 0.1) is 0 Å². The van der Waals surface area contributed by atoms with Gasteiger partial charge in [0, 0.05) is 30.1 Å². The number of primary amides is 1. The molecule has 0 spiro atoms. The van der Waals surface area contributed by atoms with Crippen molar-refractivity contribution >= 4 is 33.6 Å². The summed E-state index contributed by atoms with van der Waals surface area (Å²) in [4.78, 5) is 11.4. The SMILES string of the molecule is NC(=O)C1CNCCN1S(=O)(=O)C=Cc1ccc(Cl)cc1. The van der Waals surface area contributed by atoms with E-state index in [2.05, 4.69) is 5.32 Å². The molecule has 1 unspecified atom stereocenters. The lowest BCUT2D eigenvalue weighted by atomic mass is 10.2. The summed E-state index contributed by atoms with van der Waals surface area (Å²) in [5.41, 5.74) is 5.96. The van der Waals surface area contributed by atoms with Crippen molar-refractivity contribution < 1.29 is 13.2 Å². The Labute approximate surface area is 128 Å².